The van der Waals surface area contributed by atoms with Crippen LogP contribution in [0.2, 0.25) is 0 Å². The third-order valence-corrected chi connectivity index (χ3v) is 3.45. The lowest BCUT2D eigenvalue weighted by atomic mass is 10.2. The molecule has 0 saturated heterocycles. The Morgan fingerprint density at radius 1 is 0.960 bits per heavy atom. The molecule has 7 heteroatoms. The van der Waals surface area contributed by atoms with Gasteiger partial charge in [0, 0.05) is 5.56 Å². The lowest BCUT2D eigenvalue weighted by Gasteiger charge is -2.11. The molecule has 0 aliphatic rings. The summed E-state index contributed by atoms with van der Waals surface area (Å²) in [6.07, 6.45) is 0. The molecule has 0 saturated carbocycles. The summed E-state index contributed by atoms with van der Waals surface area (Å²) in [7, 11) is 2.94. The molecular weight excluding hydrogens is 324 g/mol. The van der Waals surface area contributed by atoms with Gasteiger partial charge in [-0.2, -0.15) is 0 Å². The number of aromatic nitrogens is 2. The Bertz CT molecular complexity index is 839. The number of esters is 1. The van der Waals surface area contributed by atoms with Crippen molar-refractivity contribution in [2.75, 3.05) is 14.2 Å². The average molecular weight is 340 g/mol. The molecule has 0 aliphatic carbocycles. The molecule has 0 atom stereocenters. The number of hydrogen-bond donors (Lipinski definition) is 0. The smallest absolute Gasteiger partial charge is 0.346 e. The minimum Gasteiger partial charge on any atom is -0.496 e. The number of nitrogens with zero attached hydrogens (tertiary/aromatic N) is 2. The van der Waals surface area contributed by atoms with Crippen LogP contribution in [0.15, 0.2) is 52.9 Å². The zero-order valence-corrected chi connectivity index (χ0v) is 13.8. The van der Waals surface area contributed by atoms with Crippen LogP contribution in [0.5, 0.6) is 11.5 Å². The van der Waals surface area contributed by atoms with Gasteiger partial charge in [-0.1, -0.05) is 24.3 Å². The number of methoxy groups -OCH3 is 2. The van der Waals surface area contributed by atoms with E-state index in [9.17, 15) is 4.79 Å². The summed E-state index contributed by atoms with van der Waals surface area (Å²) in [6.45, 7) is -0.153. The topological polar surface area (TPSA) is 83.7 Å². The van der Waals surface area contributed by atoms with E-state index in [0.29, 0.717) is 17.4 Å². The summed E-state index contributed by atoms with van der Waals surface area (Å²) in [4.78, 5) is 12.4. The van der Waals surface area contributed by atoms with Gasteiger partial charge in [0.1, 0.15) is 17.1 Å². The molecule has 0 aliphatic heterocycles. The zero-order chi connectivity index (χ0) is 17.6. The summed E-state index contributed by atoms with van der Waals surface area (Å²) < 4.78 is 21.1. The molecule has 3 aromatic rings. The minimum atomic E-state index is -0.603. The van der Waals surface area contributed by atoms with E-state index in [1.165, 1.54) is 14.2 Å². The average Bonchev–Trinajstić information content (AvgIpc) is 3.15. The van der Waals surface area contributed by atoms with Crippen LogP contribution in [0, 0.1) is 0 Å². The Balaban J connectivity index is 1.72. The molecule has 3 rings (SSSR count). The van der Waals surface area contributed by atoms with Gasteiger partial charge in [-0.15, -0.1) is 10.2 Å². The highest BCUT2D eigenvalue weighted by molar-refractivity contribution is 5.95. The lowest BCUT2D eigenvalue weighted by molar-refractivity contribution is 0.0431. The number of benzene rings is 2. The second-order valence-corrected chi connectivity index (χ2v) is 4.98. The number of hydrogen-bond acceptors (Lipinski definition) is 7. The van der Waals surface area contributed by atoms with Gasteiger partial charge in [-0.05, 0) is 24.3 Å². The first kappa shape index (κ1) is 16.5. The fourth-order valence-corrected chi connectivity index (χ4v) is 2.26. The van der Waals surface area contributed by atoms with Crippen molar-refractivity contribution >= 4 is 5.97 Å². The molecule has 25 heavy (non-hydrogen) atoms. The summed E-state index contributed by atoms with van der Waals surface area (Å²) in [6, 6.07) is 14.4. The maximum absolute atomic E-state index is 12.4. The van der Waals surface area contributed by atoms with Crippen molar-refractivity contribution in [2.24, 2.45) is 0 Å². The van der Waals surface area contributed by atoms with Gasteiger partial charge in [0.25, 0.3) is 5.89 Å². The first-order chi connectivity index (χ1) is 12.2. The van der Waals surface area contributed by atoms with Crippen molar-refractivity contribution in [1.29, 1.82) is 0 Å². The first-order valence-electron chi connectivity index (χ1n) is 7.49. The van der Waals surface area contributed by atoms with Gasteiger partial charge in [0.05, 0.1) is 14.2 Å². The summed E-state index contributed by atoms with van der Waals surface area (Å²) in [5.74, 6) is 0.677. The van der Waals surface area contributed by atoms with Crippen molar-refractivity contribution in [1.82, 2.24) is 10.2 Å². The van der Waals surface area contributed by atoms with Gasteiger partial charge in [-0.25, -0.2) is 4.79 Å². The molecule has 0 fully saturated rings. The molecule has 0 spiro atoms. The molecule has 7 nitrogen and oxygen atoms in total. The molecule has 0 amide bonds. The van der Waals surface area contributed by atoms with Crippen molar-refractivity contribution in [3.05, 3.63) is 60.0 Å². The van der Waals surface area contributed by atoms with E-state index in [1.807, 2.05) is 30.3 Å². The first-order valence-corrected chi connectivity index (χ1v) is 7.49. The van der Waals surface area contributed by atoms with Crippen LogP contribution in [0.3, 0.4) is 0 Å². The molecular formula is C18H16N2O5. The van der Waals surface area contributed by atoms with Crippen LogP contribution in [0.1, 0.15) is 16.2 Å². The third kappa shape index (κ3) is 3.60. The van der Waals surface area contributed by atoms with Crippen LogP contribution in [-0.2, 0) is 11.3 Å². The zero-order valence-electron chi connectivity index (χ0n) is 13.8. The van der Waals surface area contributed by atoms with E-state index in [0.717, 1.165) is 5.56 Å². The van der Waals surface area contributed by atoms with Crippen LogP contribution in [0.4, 0.5) is 0 Å². The second kappa shape index (κ2) is 7.48. The Morgan fingerprint density at radius 3 is 2.28 bits per heavy atom. The van der Waals surface area contributed by atoms with Crippen molar-refractivity contribution in [2.45, 2.75) is 6.61 Å². The highest BCUT2D eigenvalue weighted by Crippen LogP contribution is 2.29. The number of carbonyl (C=O) groups excluding carboxylic acids is 1. The van der Waals surface area contributed by atoms with Crippen LogP contribution in [0.25, 0.3) is 11.5 Å². The molecule has 128 valence electrons. The number of rotatable bonds is 6. The highest BCUT2D eigenvalue weighted by Gasteiger charge is 2.20. The predicted octanol–water partition coefficient (Wildman–Crippen LogP) is 3.11. The largest absolute Gasteiger partial charge is 0.496 e. The number of ether oxygens (including phenoxy) is 3. The molecule has 1 heterocycles. The van der Waals surface area contributed by atoms with Gasteiger partial charge in [0.2, 0.25) is 5.89 Å². The fourth-order valence-electron chi connectivity index (χ4n) is 2.26. The standard InChI is InChI=1S/C18H16N2O5/c1-22-13-9-6-10-14(23-2)16(13)18(21)24-11-15-19-20-17(25-15)12-7-4-3-5-8-12/h3-10H,11H2,1-2H3. The van der Waals surface area contributed by atoms with Gasteiger partial charge < -0.3 is 18.6 Å². The van der Waals surface area contributed by atoms with E-state index in [1.54, 1.807) is 18.2 Å². The Kier molecular flexibility index (Phi) is 4.94. The Morgan fingerprint density at radius 2 is 1.64 bits per heavy atom. The predicted molar refractivity (Wildman–Crippen MR) is 88.4 cm³/mol. The SMILES string of the molecule is COc1cccc(OC)c1C(=O)OCc1nnc(-c2ccccc2)o1. The Hall–Kier alpha value is -3.35. The molecule has 0 radical (unpaired) electrons. The third-order valence-electron chi connectivity index (χ3n) is 3.45. The van der Waals surface area contributed by atoms with Crippen molar-refractivity contribution in [3.63, 3.8) is 0 Å². The lowest BCUT2D eigenvalue weighted by Crippen LogP contribution is -2.09. The molecule has 2 aromatic carbocycles. The summed E-state index contributed by atoms with van der Waals surface area (Å²) in [5, 5.41) is 7.83. The fraction of sp³-hybridized carbons (Fsp3) is 0.167. The summed E-state index contributed by atoms with van der Waals surface area (Å²) in [5.41, 5.74) is 0.995. The van der Waals surface area contributed by atoms with Crippen LogP contribution in [-0.4, -0.2) is 30.4 Å². The molecule has 0 unspecified atom stereocenters. The minimum absolute atomic E-state index is 0.153. The maximum atomic E-state index is 12.4. The highest BCUT2D eigenvalue weighted by atomic mass is 16.5. The van der Waals surface area contributed by atoms with Crippen molar-refractivity contribution < 1.29 is 23.4 Å². The van der Waals surface area contributed by atoms with E-state index in [-0.39, 0.29) is 18.1 Å². The summed E-state index contributed by atoms with van der Waals surface area (Å²) >= 11 is 0. The maximum Gasteiger partial charge on any atom is 0.346 e. The van der Waals surface area contributed by atoms with Crippen LogP contribution >= 0.6 is 0 Å². The van der Waals surface area contributed by atoms with Crippen molar-refractivity contribution in [3.8, 4) is 23.0 Å². The van der Waals surface area contributed by atoms with E-state index < -0.39 is 5.97 Å². The van der Waals surface area contributed by atoms with E-state index >= 15 is 0 Å². The van der Waals surface area contributed by atoms with E-state index in [2.05, 4.69) is 10.2 Å². The number of carbonyl (C=O) groups is 1. The Labute approximate surface area is 144 Å². The van der Waals surface area contributed by atoms with Gasteiger partial charge in [-0.3, -0.25) is 0 Å². The quantitative estimate of drug-likeness (QED) is 0.637. The molecule has 0 N–H and O–H groups in total. The monoisotopic (exact) mass is 340 g/mol. The van der Waals surface area contributed by atoms with E-state index in [4.69, 9.17) is 18.6 Å². The van der Waals surface area contributed by atoms with Gasteiger partial charge in [0.15, 0.2) is 6.61 Å². The normalized spacial score (nSPS) is 10.3. The van der Waals surface area contributed by atoms with Crippen LogP contribution < -0.4 is 9.47 Å². The van der Waals surface area contributed by atoms with Gasteiger partial charge >= 0.3 is 5.97 Å². The molecule has 0 bridgehead atoms. The molecule has 1 aromatic heterocycles. The second-order valence-electron chi connectivity index (χ2n) is 4.98.